The first kappa shape index (κ1) is 24.3. The van der Waals surface area contributed by atoms with Gasteiger partial charge in [-0.05, 0) is 42.0 Å². The highest BCUT2D eigenvalue weighted by Gasteiger charge is 2.09. The van der Waals surface area contributed by atoms with E-state index in [4.69, 9.17) is 19.9 Å². The Labute approximate surface area is 192 Å². The Hall–Kier alpha value is -3.34. The van der Waals surface area contributed by atoms with Gasteiger partial charge in [0.2, 0.25) is 11.9 Å². The van der Waals surface area contributed by atoms with Gasteiger partial charge >= 0.3 is 0 Å². The summed E-state index contributed by atoms with van der Waals surface area (Å²) in [7, 11) is 1.63. The Morgan fingerprint density at radius 3 is 2.33 bits per heavy atom. The first-order valence-electron chi connectivity index (χ1n) is 10.7. The number of benzene rings is 2. The van der Waals surface area contributed by atoms with E-state index in [0.29, 0.717) is 69.3 Å². The molecular formula is C23H29FN6O3. The summed E-state index contributed by atoms with van der Waals surface area (Å²) >= 11 is 0. The molecule has 0 bridgehead atoms. The Kier molecular flexibility index (Phi) is 9.77. The number of methoxy groups -OCH3 is 1. The molecule has 1 heterocycles. The van der Waals surface area contributed by atoms with Gasteiger partial charge in [0.15, 0.2) is 5.82 Å². The fourth-order valence-corrected chi connectivity index (χ4v) is 2.87. The Bertz CT molecular complexity index is 990. The quantitative estimate of drug-likeness (QED) is 0.315. The van der Waals surface area contributed by atoms with Crippen LogP contribution in [0, 0.1) is 5.82 Å². The van der Waals surface area contributed by atoms with Gasteiger partial charge in [0, 0.05) is 25.2 Å². The van der Waals surface area contributed by atoms with Gasteiger partial charge < -0.3 is 30.6 Å². The van der Waals surface area contributed by atoms with Crippen molar-refractivity contribution >= 4 is 11.9 Å². The van der Waals surface area contributed by atoms with Crippen LogP contribution in [0.1, 0.15) is 5.56 Å². The number of nitrogens with one attached hydrogen (secondary N) is 2. The number of hydrogen-bond donors (Lipinski definition) is 3. The highest BCUT2D eigenvalue weighted by atomic mass is 19.1. The van der Waals surface area contributed by atoms with Crippen LogP contribution >= 0.6 is 0 Å². The minimum Gasteiger partial charge on any atom is -0.497 e. The summed E-state index contributed by atoms with van der Waals surface area (Å²) in [6, 6.07) is 13.7. The van der Waals surface area contributed by atoms with Gasteiger partial charge in [-0.15, -0.1) is 0 Å². The minimum atomic E-state index is -0.324. The van der Waals surface area contributed by atoms with Crippen LogP contribution in [-0.4, -0.2) is 61.6 Å². The van der Waals surface area contributed by atoms with E-state index in [9.17, 15) is 4.39 Å². The SMILES string of the molecule is COc1cccc(CNc2nc(NCCOCCOCCN)nc(-c3ccc(F)cc3)n2)c1. The van der Waals surface area contributed by atoms with Gasteiger partial charge in [-0.25, -0.2) is 4.39 Å². The third kappa shape index (κ3) is 8.26. The molecule has 0 atom stereocenters. The van der Waals surface area contributed by atoms with E-state index in [1.165, 1.54) is 12.1 Å². The lowest BCUT2D eigenvalue weighted by Gasteiger charge is -2.11. The Balaban J connectivity index is 1.65. The van der Waals surface area contributed by atoms with Crippen LogP contribution in [0.15, 0.2) is 48.5 Å². The highest BCUT2D eigenvalue weighted by molar-refractivity contribution is 5.58. The minimum absolute atomic E-state index is 0.324. The Morgan fingerprint density at radius 2 is 1.61 bits per heavy atom. The van der Waals surface area contributed by atoms with Gasteiger partial charge in [0.05, 0.1) is 33.5 Å². The number of halogens is 1. The van der Waals surface area contributed by atoms with Crippen LogP contribution in [0.3, 0.4) is 0 Å². The fourth-order valence-electron chi connectivity index (χ4n) is 2.87. The second kappa shape index (κ2) is 13.3. The molecule has 0 saturated carbocycles. The van der Waals surface area contributed by atoms with Crippen molar-refractivity contribution in [3.8, 4) is 17.1 Å². The summed E-state index contributed by atoms with van der Waals surface area (Å²) in [6.45, 7) is 3.43. The fraction of sp³-hybridized carbons (Fsp3) is 0.348. The monoisotopic (exact) mass is 456 g/mol. The number of nitrogens with two attached hydrogens (primary N) is 1. The molecule has 9 nitrogen and oxygen atoms in total. The van der Waals surface area contributed by atoms with E-state index in [-0.39, 0.29) is 5.82 Å². The molecule has 0 spiro atoms. The van der Waals surface area contributed by atoms with E-state index in [2.05, 4.69) is 25.6 Å². The first-order chi connectivity index (χ1) is 16.2. The van der Waals surface area contributed by atoms with Crippen molar-refractivity contribution in [1.29, 1.82) is 0 Å². The molecule has 0 aliphatic heterocycles. The van der Waals surface area contributed by atoms with Crippen molar-refractivity contribution in [3.63, 3.8) is 0 Å². The van der Waals surface area contributed by atoms with Crippen molar-refractivity contribution in [2.45, 2.75) is 6.54 Å². The molecule has 3 rings (SSSR count). The van der Waals surface area contributed by atoms with E-state index in [0.717, 1.165) is 11.3 Å². The van der Waals surface area contributed by atoms with Crippen LogP contribution < -0.4 is 21.1 Å². The third-order valence-electron chi connectivity index (χ3n) is 4.49. The highest BCUT2D eigenvalue weighted by Crippen LogP contribution is 2.19. The average Bonchev–Trinajstić information content (AvgIpc) is 2.85. The summed E-state index contributed by atoms with van der Waals surface area (Å²) < 4.78 is 29.4. The van der Waals surface area contributed by atoms with Crippen LogP contribution in [0.4, 0.5) is 16.3 Å². The number of hydrogen-bond acceptors (Lipinski definition) is 9. The second-order valence-corrected chi connectivity index (χ2v) is 6.96. The van der Waals surface area contributed by atoms with Crippen molar-refractivity contribution < 1.29 is 18.6 Å². The topological polar surface area (TPSA) is 116 Å². The predicted octanol–water partition coefficient (Wildman–Crippen LogP) is 2.70. The second-order valence-electron chi connectivity index (χ2n) is 6.96. The maximum absolute atomic E-state index is 13.4. The van der Waals surface area contributed by atoms with Crippen LogP contribution in [0.25, 0.3) is 11.4 Å². The summed E-state index contributed by atoms with van der Waals surface area (Å²) in [6.07, 6.45) is 0. The Morgan fingerprint density at radius 1 is 0.879 bits per heavy atom. The maximum Gasteiger partial charge on any atom is 0.228 e. The zero-order valence-electron chi connectivity index (χ0n) is 18.6. The summed E-state index contributed by atoms with van der Waals surface area (Å²) in [5, 5.41) is 6.36. The zero-order valence-corrected chi connectivity index (χ0v) is 18.6. The van der Waals surface area contributed by atoms with Gasteiger partial charge in [-0.3, -0.25) is 0 Å². The lowest BCUT2D eigenvalue weighted by molar-refractivity contribution is 0.0547. The number of anilines is 2. The summed E-state index contributed by atoms with van der Waals surface area (Å²) in [5.41, 5.74) is 7.06. The molecule has 10 heteroatoms. The van der Waals surface area contributed by atoms with Gasteiger partial charge in [-0.2, -0.15) is 15.0 Å². The van der Waals surface area contributed by atoms with Crippen molar-refractivity contribution in [2.24, 2.45) is 5.73 Å². The smallest absolute Gasteiger partial charge is 0.228 e. The van der Waals surface area contributed by atoms with E-state index >= 15 is 0 Å². The van der Waals surface area contributed by atoms with E-state index in [1.807, 2.05) is 24.3 Å². The van der Waals surface area contributed by atoms with Gasteiger partial charge in [-0.1, -0.05) is 12.1 Å². The molecule has 2 aromatic carbocycles. The number of ether oxygens (including phenoxy) is 3. The third-order valence-corrected chi connectivity index (χ3v) is 4.49. The van der Waals surface area contributed by atoms with Crippen molar-refractivity contribution in [2.75, 3.05) is 57.3 Å². The molecule has 0 aliphatic carbocycles. The number of nitrogens with zero attached hydrogens (tertiary/aromatic N) is 3. The van der Waals surface area contributed by atoms with Crippen LogP contribution in [0.5, 0.6) is 5.75 Å². The van der Waals surface area contributed by atoms with Crippen LogP contribution in [-0.2, 0) is 16.0 Å². The number of aromatic nitrogens is 3. The summed E-state index contributed by atoms with van der Waals surface area (Å²) in [5.74, 6) is 1.66. The van der Waals surface area contributed by atoms with Crippen LogP contribution in [0.2, 0.25) is 0 Å². The molecule has 176 valence electrons. The maximum atomic E-state index is 13.4. The molecule has 0 aliphatic rings. The average molecular weight is 457 g/mol. The van der Waals surface area contributed by atoms with Crippen molar-refractivity contribution in [1.82, 2.24) is 15.0 Å². The first-order valence-corrected chi connectivity index (χ1v) is 10.7. The molecule has 33 heavy (non-hydrogen) atoms. The molecule has 1 aromatic heterocycles. The normalized spacial score (nSPS) is 10.8. The number of rotatable bonds is 14. The van der Waals surface area contributed by atoms with Gasteiger partial charge in [0.1, 0.15) is 11.6 Å². The zero-order chi connectivity index (χ0) is 23.3. The molecule has 0 radical (unpaired) electrons. The van der Waals surface area contributed by atoms with Gasteiger partial charge in [0.25, 0.3) is 0 Å². The largest absolute Gasteiger partial charge is 0.497 e. The van der Waals surface area contributed by atoms with E-state index in [1.54, 1.807) is 19.2 Å². The predicted molar refractivity (Wildman–Crippen MR) is 125 cm³/mol. The lowest BCUT2D eigenvalue weighted by atomic mass is 10.2. The molecular weight excluding hydrogens is 427 g/mol. The van der Waals surface area contributed by atoms with E-state index < -0.39 is 0 Å². The molecule has 3 aromatic rings. The molecule has 4 N–H and O–H groups in total. The molecule has 0 fully saturated rings. The standard InChI is InChI=1S/C23H29FN6O3/c1-31-20-4-2-3-17(15-20)16-27-23-29-21(18-5-7-19(24)8-6-18)28-22(30-23)26-10-12-33-14-13-32-11-9-25/h2-8,15H,9-14,16,25H2,1H3,(H2,26,27,28,29,30). The molecule has 0 unspecified atom stereocenters. The lowest BCUT2D eigenvalue weighted by Crippen LogP contribution is -2.16. The van der Waals surface area contributed by atoms with Crippen molar-refractivity contribution in [3.05, 3.63) is 59.9 Å². The molecule has 0 amide bonds. The summed E-state index contributed by atoms with van der Waals surface area (Å²) in [4.78, 5) is 13.4. The molecule has 0 saturated heterocycles.